The van der Waals surface area contributed by atoms with Gasteiger partial charge in [-0.1, -0.05) is 23.4 Å². The summed E-state index contributed by atoms with van der Waals surface area (Å²) >= 11 is 0. The molecule has 0 radical (unpaired) electrons. The summed E-state index contributed by atoms with van der Waals surface area (Å²) in [6, 6.07) is 16.5. The lowest BCUT2D eigenvalue weighted by Crippen LogP contribution is -1.92. The summed E-state index contributed by atoms with van der Waals surface area (Å²) < 4.78 is 7.59. The van der Waals surface area contributed by atoms with E-state index >= 15 is 0 Å². The third kappa shape index (κ3) is 1.72. The molecule has 104 valence electrons. The molecule has 21 heavy (non-hydrogen) atoms. The van der Waals surface area contributed by atoms with Gasteiger partial charge in [-0.25, -0.2) is 0 Å². The van der Waals surface area contributed by atoms with E-state index in [1.54, 1.807) is 6.07 Å². The Hall–Kier alpha value is -2.75. The number of para-hydroxylation sites is 1. The van der Waals surface area contributed by atoms with Crippen LogP contribution in [-0.4, -0.2) is 9.72 Å². The molecule has 0 amide bonds. The minimum atomic E-state index is 0.404. The fourth-order valence-corrected chi connectivity index (χ4v) is 2.97. The lowest BCUT2D eigenvalue weighted by Gasteiger charge is -2.02. The van der Waals surface area contributed by atoms with Gasteiger partial charge in [-0.3, -0.25) is 0 Å². The monoisotopic (exact) mass is 277 g/mol. The van der Waals surface area contributed by atoms with Crippen LogP contribution in [0.15, 0.2) is 53.1 Å². The number of nitrogen functional groups attached to an aromatic ring is 1. The zero-order valence-electron chi connectivity index (χ0n) is 11.7. The maximum Gasteiger partial charge on any atom is 0.169 e. The van der Waals surface area contributed by atoms with E-state index in [1.165, 1.54) is 21.8 Å². The average molecular weight is 277 g/mol. The van der Waals surface area contributed by atoms with Crippen LogP contribution in [0.5, 0.6) is 0 Å². The summed E-state index contributed by atoms with van der Waals surface area (Å²) in [7, 11) is 0. The van der Waals surface area contributed by atoms with E-state index in [4.69, 9.17) is 10.3 Å². The highest BCUT2D eigenvalue weighted by molar-refractivity contribution is 6.09. The first kappa shape index (κ1) is 12.0. The van der Waals surface area contributed by atoms with Crippen LogP contribution >= 0.6 is 0 Å². The molecular weight excluding hydrogens is 262 g/mol. The van der Waals surface area contributed by atoms with E-state index in [9.17, 15) is 0 Å². The summed E-state index contributed by atoms with van der Waals surface area (Å²) in [4.78, 5) is 0. The standard InChI is InChI=1S/C17H15N3O/c1-2-20-14-6-4-3-5-12(14)13-9-11(7-8-15(13)20)16-10-17(18)19-21-16/h3-10H,2H2,1H3,(H2,18,19). The number of aryl methyl sites for hydroxylation is 1. The topological polar surface area (TPSA) is 57.0 Å². The molecule has 4 aromatic rings. The number of nitrogens with zero attached hydrogens (tertiary/aromatic N) is 2. The Balaban J connectivity index is 2.05. The first-order valence-corrected chi connectivity index (χ1v) is 7.01. The van der Waals surface area contributed by atoms with Gasteiger partial charge >= 0.3 is 0 Å². The molecule has 0 spiro atoms. The fraction of sp³-hybridized carbons (Fsp3) is 0.118. The van der Waals surface area contributed by atoms with Crippen molar-refractivity contribution in [2.24, 2.45) is 0 Å². The molecule has 0 saturated carbocycles. The lowest BCUT2D eigenvalue weighted by atomic mass is 10.1. The molecule has 2 heterocycles. The van der Waals surface area contributed by atoms with Crippen molar-refractivity contribution in [2.45, 2.75) is 13.5 Å². The summed E-state index contributed by atoms with van der Waals surface area (Å²) in [5.41, 5.74) is 9.11. The Morgan fingerprint density at radius 2 is 1.86 bits per heavy atom. The number of fused-ring (bicyclic) bond motifs is 3. The second-order valence-corrected chi connectivity index (χ2v) is 5.11. The first-order valence-electron chi connectivity index (χ1n) is 7.01. The van der Waals surface area contributed by atoms with Crippen LogP contribution in [0.2, 0.25) is 0 Å². The molecule has 0 aliphatic heterocycles. The Bertz CT molecular complexity index is 949. The molecule has 0 bridgehead atoms. The van der Waals surface area contributed by atoms with Gasteiger partial charge in [0.25, 0.3) is 0 Å². The molecule has 0 aliphatic rings. The summed E-state index contributed by atoms with van der Waals surface area (Å²) in [6.07, 6.45) is 0. The number of rotatable bonds is 2. The highest BCUT2D eigenvalue weighted by Gasteiger charge is 2.12. The van der Waals surface area contributed by atoms with E-state index < -0.39 is 0 Å². The second kappa shape index (κ2) is 4.38. The van der Waals surface area contributed by atoms with Crippen molar-refractivity contribution >= 4 is 27.6 Å². The van der Waals surface area contributed by atoms with Gasteiger partial charge in [-0.2, -0.15) is 0 Å². The van der Waals surface area contributed by atoms with E-state index in [0.29, 0.717) is 11.6 Å². The number of anilines is 1. The number of benzene rings is 2. The van der Waals surface area contributed by atoms with Crippen LogP contribution in [-0.2, 0) is 6.54 Å². The summed E-state index contributed by atoms with van der Waals surface area (Å²) in [5.74, 6) is 1.10. The van der Waals surface area contributed by atoms with Crippen LogP contribution in [0.4, 0.5) is 5.82 Å². The van der Waals surface area contributed by atoms with Crippen LogP contribution in [0.3, 0.4) is 0 Å². The Labute approximate surface area is 121 Å². The third-order valence-corrected chi connectivity index (χ3v) is 3.90. The van der Waals surface area contributed by atoms with Crippen molar-refractivity contribution in [3.8, 4) is 11.3 Å². The number of hydrogen-bond acceptors (Lipinski definition) is 3. The third-order valence-electron chi connectivity index (χ3n) is 3.90. The molecule has 2 N–H and O–H groups in total. The normalized spacial score (nSPS) is 11.5. The van der Waals surface area contributed by atoms with Crippen molar-refractivity contribution < 1.29 is 4.52 Å². The zero-order chi connectivity index (χ0) is 14.4. The van der Waals surface area contributed by atoms with Crippen LogP contribution in [0.1, 0.15) is 6.92 Å². The summed E-state index contributed by atoms with van der Waals surface area (Å²) in [6.45, 7) is 3.11. The van der Waals surface area contributed by atoms with E-state index in [-0.39, 0.29) is 0 Å². The molecule has 0 atom stereocenters. The van der Waals surface area contributed by atoms with Gasteiger partial charge < -0.3 is 14.8 Å². The smallest absolute Gasteiger partial charge is 0.169 e. The SMILES string of the molecule is CCn1c2ccccc2c2cc(-c3cc(N)no3)ccc21. The summed E-state index contributed by atoms with van der Waals surface area (Å²) in [5, 5.41) is 6.23. The average Bonchev–Trinajstić information content (AvgIpc) is 3.08. The van der Waals surface area contributed by atoms with E-state index in [0.717, 1.165) is 12.1 Å². The van der Waals surface area contributed by atoms with Gasteiger partial charge in [0.1, 0.15) is 0 Å². The minimum Gasteiger partial charge on any atom is -0.381 e. The zero-order valence-corrected chi connectivity index (χ0v) is 11.7. The molecule has 4 rings (SSSR count). The molecule has 2 aromatic carbocycles. The number of aromatic nitrogens is 2. The van der Waals surface area contributed by atoms with Crippen LogP contribution < -0.4 is 5.73 Å². The Morgan fingerprint density at radius 3 is 2.62 bits per heavy atom. The molecule has 0 unspecified atom stereocenters. The predicted octanol–water partition coefficient (Wildman–Crippen LogP) is 4.05. The Morgan fingerprint density at radius 1 is 1.05 bits per heavy atom. The van der Waals surface area contributed by atoms with Gasteiger partial charge in [0.05, 0.1) is 0 Å². The molecule has 0 fully saturated rings. The maximum absolute atomic E-state index is 5.64. The molecular formula is C17H15N3O. The van der Waals surface area contributed by atoms with Crippen molar-refractivity contribution in [1.29, 1.82) is 0 Å². The maximum atomic E-state index is 5.64. The Kier molecular flexibility index (Phi) is 2.51. The van der Waals surface area contributed by atoms with Gasteiger partial charge in [0.15, 0.2) is 11.6 Å². The number of nitrogens with two attached hydrogens (primary N) is 1. The minimum absolute atomic E-state index is 0.404. The van der Waals surface area contributed by atoms with E-state index in [2.05, 4.69) is 53.0 Å². The van der Waals surface area contributed by atoms with Crippen molar-refractivity contribution in [2.75, 3.05) is 5.73 Å². The first-order chi connectivity index (χ1) is 10.3. The van der Waals surface area contributed by atoms with E-state index in [1.807, 2.05) is 6.07 Å². The van der Waals surface area contributed by atoms with Gasteiger partial charge in [-0.15, -0.1) is 0 Å². The van der Waals surface area contributed by atoms with Crippen molar-refractivity contribution in [3.05, 3.63) is 48.5 Å². The molecule has 0 aliphatic carbocycles. The van der Waals surface area contributed by atoms with Crippen molar-refractivity contribution in [3.63, 3.8) is 0 Å². The second-order valence-electron chi connectivity index (χ2n) is 5.11. The number of hydrogen-bond donors (Lipinski definition) is 1. The van der Waals surface area contributed by atoms with Gasteiger partial charge in [-0.05, 0) is 31.2 Å². The van der Waals surface area contributed by atoms with Crippen LogP contribution in [0, 0.1) is 0 Å². The molecule has 0 saturated heterocycles. The predicted molar refractivity (Wildman–Crippen MR) is 85.0 cm³/mol. The van der Waals surface area contributed by atoms with Crippen LogP contribution in [0.25, 0.3) is 33.1 Å². The highest BCUT2D eigenvalue weighted by Crippen LogP contribution is 2.32. The van der Waals surface area contributed by atoms with Gasteiger partial charge in [0, 0.05) is 40.0 Å². The quantitative estimate of drug-likeness (QED) is 0.601. The molecule has 2 aromatic heterocycles. The fourth-order valence-electron chi connectivity index (χ4n) is 2.97. The molecule has 4 heteroatoms. The highest BCUT2D eigenvalue weighted by atomic mass is 16.5. The lowest BCUT2D eigenvalue weighted by molar-refractivity contribution is 0.436. The van der Waals surface area contributed by atoms with Crippen molar-refractivity contribution in [1.82, 2.24) is 9.72 Å². The largest absolute Gasteiger partial charge is 0.381 e. The van der Waals surface area contributed by atoms with Gasteiger partial charge in [0.2, 0.25) is 0 Å². The molecule has 4 nitrogen and oxygen atoms in total.